The van der Waals surface area contributed by atoms with Crippen molar-refractivity contribution in [2.45, 2.75) is 13.8 Å². The topological polar surface area (TPSA) is 6.48 Å². The smallest absolute Gasteiger partial charge is 0.100 e. The number of rotatable bonds is 3. The Hall–Kier alpha value is -4.56. The fraction of sp³-hybridized carbons (Fsp3) is 0.0857. The summed E-state index contributed by atoms with van der Waals surface area (Å²) >= 11 is 0. The summed E-state index contributed by atoms with van der Waals surface area (Å²) in [6, 6.07) is 44.0. The van der Waals surface area contributed by atoms with Crippen molar-refractivity contribution in [3.63, 3.8) is 0 Å². The standard InChI is InChI=1S/C35H28N2/c1-24-12-11-13-25(2)33(24)27-20-21-32-31(22-27)29-18-9-10-19-30(29)35-34(26-14-5-3-6-15-26)36(23-37(32)35)28-16-7-4-8-17-28/h3-22H,23H2,1-2H3. The lowest BCUT2D eigenvalue weighted by Crippen LogP contribution is -2.28. The van der Waals surface area contributed by atoms with Gasteiger partial charge in [-0.1, -0.05) is 97.1 Å². The number of hydrogen-bond donors (Lipinski definition) is 0. The molecular weight excluding hydrogens is 448 g/mol. The Balaban J connectivity index is 1.49. The second kappa shape index (κ2) is 8.53. The molecule has 0 radical (unpaired) electrons. The van der Waals surface area contributed by atoms with E-state index in [0.717, 1.165) is 6.67 Å². The lowest BCUT2D eigenvalue weighted by Gasteiger charge is -2.32. The summed E-state index contributed by atoms with van der Waals surface area (Å²) in [6.07, 6.45) is 0. The van der Waals surface area contributed by atoms with Crippen LogP contribution in [0.4, 0.5) is 11.4 Å². The van der Waals surface area contributed by atoms with Crippen LogP contribution in [0.3, 0.4) is 0 Å². The summed E-state index contributed by atoms with van der Waals surface area (Å²) < 4.78 is 0. The molecule has 0 spiro atoms. The first-order valence-electron chi connectivity index (χ1n) is 12.9. The number of nitrogens with zero attached hydrogens (tertiary/aromatic N) is 2. The molecule has 0 bridgehead atoms. The summed E-state index contributed by atoms with van der Waals surface area (Å²) in [7, 11) is 0. The van der Waals surface area contributed by atoms with Crippen LogP contribution in [-0.2, 0) is 0 Å². The fourth-order valence-electron chi connectivity index (χ4n) is 6.05. The molecule has 5 aromatic carbocycles. The van der Waals surface area contributed by atoms with Crippen LogP contribution in [0.1, 0.15) is 22.3 Å². The van der Waals surface area contributed by atoms with Gasteiger partial charge in [-0.15, -0.1) is 0 Å². The minimum absolute atomic E-state index is 0.771. The highest BCUT2D eigenvalue weighted by atomic mass is 15.4. The molecule has 37 heavy (non-hydrogen) atoms. The molecule has 2 aliphatic heterocycles. The van der Waals surface area contributed by atoms with E-state index in [1.807, 2.05) is 0 Å². The van der Waals surface area contributed by atoms with Gasteiger partial charge in [-0.2, -0.15) is 0 Å². The van der Waals surface area contributed by atoms with Crippen LogP contribution in [0, 0.1) is 13.8 Å². The van der Waals surface area contributed by atoms with Crippen LogP contribution in [0.5, 0.6) is 0 Å². The maximum atomic E-state index is 2.50. The van der Waals surface area contributed by atoms with Gasteiger partial charge in [0.2, 0.25) is 0 Å². The number of hydrogen-bond acceptors (Lipinski definition) is 2. The first kappa shape index (κ1) is 21.7. The first-order valence-corrected chi connectivity index (χ1v) is 12.9. The zero-order chi connectivity index (χ0) is 24.9. The minimum Gasteiger partial charge on any atom is -0.321 e. The van der Waals surface area contributed by atoms with E-state index in [1.165, 1.54) is 67.3 Å². The van der Waals surface area contributed by atoms with Crippen LogP contribution in [0.2, 0.25) is 0 Å². The Kier molecular flexibility index (Phi) is 5.00. The number of aryl methyl sites for hydroxylation is 2. The van der Waals surface area contributed by atoms with E-state index in [4.69, 9.17) is 0 Å². The van der Waals surface area contributed by atoms with E-state index < -0.39 is 0 Å². The molecule has 0 amide bonds. The maximum absolute atomic E-state index is 2.50. The molecule has 0 fully saturated rings. The summed E-state index contributed by atoms with van der Waals surface area (Å²) in [5, 5.41) is 0. The van der Waals surface area contributed by atoms with E-state index in [1.54, 1.807) is 0 Å². The molecule has 2 heterocycles. The van der Waals surface area contributed by atoms with Crippen molar-refractivity contribution in [3.05, 3.63) is 144 Å². The van der Waals surface area contributed by atoms with Gasteiger partial charge in [-0.25, -0.2) is 0 Å². The normalized spacial score (nSPS) is 13.9. The van der Waals surface area contributed by atoms with E-state index in [2.05, 4.69) is 145 Å². The minimum atomic E-state index is 0.771. The lowest BCUT2D eigenvalue weighted by atomic mass is 9.87. The Bertz CT molecular complexity index is 1640. The zero-order valence-electron chi connectivity index (χ0n) is 21.1. The highest BCUT2D eigenvalue weighted by Gasteiger charge is 2.37. The third-order valence-electron chi connectivity index (χ3n) is 7.69. The van der Waals surface area contributed by atoms with Crippen molar-refractivity contribution >= 4 is 22.8 Å². The predicted octanol–water partition coefficient (Wildman–Crippen LogP) is 8.76. The summed E-state index contributed by atoms with van der Waals surface area (Å²) in [5.74, 6) is 0. The van der Waals surface area contributed by atoms with Gasteiger partial charge in [-0.05, 0) is 65.9 Å². The van der Waals surface area contributed by atoms with Crippen LogP contribution in [0.25, 0.3) is 33.6 Å². The quantitative estimate of drug-likeness (QED) is 0.257. The van der Waals surface area contributed by atoms with Gasteiger partial charge in [-0.3, -0.25) is 0 Å². The van der Waals surface area contributed by atoms with Gasteiger partial charge in [0.15, 0.2) is 0 Å². The molecular formula is C35H28N2. The number of para-hydroxylation sites is 1. The first-order chi connectivity index (χ1) is 18.2. The van der Waals surface area contributed by atoms with E-state index in [9.17, 15) is 0 Å². The van der Waals surface area contributed by atoms with Gasteiger partial charge in [0.25, 0.3) is 0 Å². The van der Waals surface area contributed by atoms with E-state index >= 15 is 0 Å². The third-order valence-corrected chi connectivity index (χ3v) is 7.69. The molecule has 2 heteroatoms. The molecule has 0 unspecified atom stereocenters. The Morgan fingerprint density at radius 3 is 1.86 bits per heavy atom. The average Bonchev–Trinajstić information content (AvgIpc) is 3.35. The molecule has 2 nitrogen and oxygen atoms in total. The van der Waals surface area contributed by atoms with Crippen LogP contribution < -0.4 is 9.80 Å². The summed E-state index contributed by atoms with van der Waals surface area (Å²) in [4.78, 5) is 4.96. The molecule has 0 saturated heterocycles. The Morgan fingerprint density at radius 2 is 1.14 bits per heavy atom. The van der Waals surface area contributed by atoms with Gasteiger partial charge in [0.05, 0.1) is 17.1 Å². The molecule has 2 aliphatic rings. The van der Waals surface area contributed by atoms with Crippen molar-refractivity contribution in [2.24, 2.45) is 0 Å². The van der Waals surface area contributed by atoms with Crippen molar-refractivity contribution in [1.82, 2.24) is 0 Å². The Morgan fingerprint density at radius 1 is 0.486 bits per heavy atom. The van der Waals surface area contributed by atoms with Crippen LogP contribution in [-0.4, -0.2) is 6.67 Å². The zero-order valence-corrected chi connectivity index (χ0v) is 21.1. The highest BCUT2D eigenvalue weighted by Crippen LogP contribution is 2.52. The molecule has 178 valence electrons. The maximum Gasteiger partial charge on any atom is 0.100 e. The van der Waals surface area contributed by atoms with Gasteiger partial charge >= 0.3 is 0 Å². The van der Waals surface area contributed by atoms with Gasteiger partial charge in [0.1, 0.15) is 6.67 Å². The predicted molar refractivity (Wildman–Crippen MR) is 156 cm³/mol. The van der Waals surface area contributed by atoms with Crippen LogP contribution >= 0.6 is 0 Å². The summed E-state index contributed by atoms with van der Waals surface area (Å²) in [5.41, 5.74) is 15.3. The summed E-state index contributed by atoms with van der Waals surface area (Å²) in [6.45, 7) is 5.19. The molecule has 7 rings (SSSR count). The van der Waals surface area contributed by atoms with E-state index in [0.29, 0.717) is 0 Å². The SMILES string of the molecule is Cc1cccc(C)c1-c1ccc2c(c1)-c1ccccc1C1=C(c3ccccc3)N(c3ccccc3)CN12. The van der Waals surface area contributed by atoms with Crippen LogP contribution in [0.15, 0.2) is 121 Å². The van der Waals surface area contributed by atoms with Crippen molar-refractivity contribution < 1.29 is 0 Å². The van der Waals surface area contributed by atoms with Gasteiger partial charge < -0.3 is 9.80 Å². The molecule has 0 aromatic heterocycles. The van der Waals surface area contributed by atoms with E-state index in [-0.39, 0.29) is 0 Å². The lowest BCUT2D eigenvalue weighted by molar-refractivity contribution is 0.984. The average molecular weight is 477 g/mol. The fourth-order valence-corrected chi connectivity index (χ4v) is 6.05. The number of fused-ring (bicyclic) bond motifs is 6. The molecule has 0 aliphatic carbocycles. The monoisotopic (exact) mass is 476 g/mol. The second-order valence-corrected chi connectivity index (χ2v) is 9.94. The second-order valence-electron chi connectivity index (χ2n) is 9.94. The van der Waals surface area contributed by atoms with Crippen molar-refractivity contribution in [2.75, 3.05) is 16.5 Å². The Labute approximate surface area is 218 Å². The van der Waals surface area contributed by atoms with Crippen molar-refractivity contribution in [3.8, 4) is 22.3 Å². The number of benzene rings is 5. The molecule has 5 aromatic rings. The third kappa shape index (κ3) is 3.41. The van der Waals surface area contributed by atoms with Gasteiger partial charge in [0, 0.05) is 22.4 Å². The number of anilines is 2. The van der Waals surface area contributed by atoms with Crippen molar-refractivity contribution in [1.29, 1.82) is 0 Å². The molecule has 0 N–H and O–H groups in total. The molecule has 0 atom stereocenters. The highest BCUT2D eigenvalue weighted by molar-refractivity contribution is 6.12. The largest absolute Gasteiger partial charge is 0.321 e. The molecule has 0 saturated carbocycles.